The molecular weight excluding hydrogens is 362 g/mol. The summed E-state index contributed by atoms with van der Waals surface area (Å²) >= 11 is 1.55. The summed E-state index contributed by atoms with van der Waals surface area (Å²) in [5, 5.41) is 16.9. The van der Waals surface area contributed by atoms with Crippen LogP contribution in [0.2, 0.25) is 0 Å². The van der Waals surface area contributed by atoms with Gasteiger partial charge in [-0.05, 0) is 39.8 Å². The van der Waals surface area contributed by atoms with E-state index in [1.54, 1.807) is 32.3 Å². The van der Waals surface area contributed by atoms with Crippen molar-refractivity contribution in [1.29, 1.82) is 0 Å². The Hall–Kier alpha value is -2.38. The van der Waals surface area contributed by atoms with E-state index in [1.807, 2.05) is 29.6 Å². The van der Waals surface area contributed by atoms with Gasteiger partial charge in [0.1, 0.15) is 23.8 Å². The summed E-state index contributed by atoms with van der Waals surface area (Å²) in [6.07, 6.45) is 0. The van der Waals surface area contributed by atoms with Crippen LogP contribution in [0.3, 0.4) is 0 Å². The van der Waals surface area contributed by atoms with Crippen LogP contribution in [0, 0.1) is 0 Å². The first kappa shape index (κ1) is 19.4. The summed E-state index contributed by atoms with van der Waals surface area (Å²) in [4.78, 5) is 9.36. The molecule has 6 nitrogen and oxygen atoms in total. The summed E-state index contributed by atoms with van der Waals surface area (Å²) in [6.45, 7) is 7.77. The smallest absolute Gasteiger partial charge is 0.183 e. The molecule has 0 amide bonds. The lowest BCUT2D eigenvalue weighted by molar-refractivity contribution is 0.0285. The topological polar surface area (TPSA) is 76.5 Å². The van der Waals surface area contributed by atoms with E-state index in [-0.39, 0.29) is 6.61 Å². The third kappa shape index (κ3) is 4.87. The molecule has 3 rings (SSSR count). The summed E-state index contributed by atoms with van der Waals surface area (Å²) in [7, 11) is 1.64. The van der Waals surface area contributed by atoms with Crippen molar-refractivity contribution in [2.45, 2.75) is 39.3 Å². The Labute approximate surface area is 163 Å². The molecule has 0 aliphatic carbocycles. The van der Waals surface area contributed by atoms with Crippen molar-refractivity contribution in [2.24, 2.45) is 0 Å². The molecule has 27 heavy (non-hydrogen) atoms. The average molecular weight is 388 g/mol. The van der Waals surface area contributed by atoms with Gasteiger partial charge >= 0.3 is 0 Å². The minimum Gasteiger partial charge on any atom is -0.496 e. The van der Waals surface area contributed by atoms with E-state index < -0.39 is 5.60 Å². The number of thiazole rings is 1. The van der Waals surface area contributed by atoms with Crippen molar-refractivity contribution >= 4 is 27.4 Å². The summed E-state index contributed by atoms with van der Waals surface area (Å²) in [5.74, 6) is 1.38. The molecular formula is C20H25N3O3S. The molecule has 0 bridgehead atoms. The monoisotopic (exact) mass is 387 g/mol. The predicted octanol–water partition coefficient (Wildman–Crippen LogP) is 4.34. The second kappa shape index (κ2) is 7.70. The van der Waals surface area contributed by atoms with Crippen LogP contribution in [0.25, 0.3) is 22.3 Å². The van der Waals surface area contributed by atoms with Gasteiger partial charge in [0.2, 0.25) is 0 Å². The zero-order valence-electron chi connectivity index (χ0n) is 16.2. The number of aromatic nitrogens is 2. The number of pyridine rings is 1. The number of ether oxygens (including phenoxy) is 2. The fourth-order valence-electron chi connectivity index (χ4n) is 2.53. The van der Waals surface area contributed by atoms with Gasteiger partial charge in [0.25, 0.3) is 0 Å². The van der Waals surface area contributed by atoms with E-state index in [0.717, 1.165) is 33.2 Å². The standard InChI is InChI=1S/C20H25N3O3S/c1-12(2)21-19-23-17(10-27-19)16-9-18(25-5)14-7-6-13(8-15(14)22-16)26-11-20(3,4)24/h6-10,12,24H,11H2,1-5H3,(H,21,23). The summed E-state index contributed by atoms with van der Waals surface area (Å²) < 4.78 is 11.2. The number of benzene rings is 1. The van der Waals surface area contributed by atoms with Crippen molar-refractivity contribution in [3.8, 4) is 22.9 Å². The Kier molecular flexibility index (Phi) is 5.53. The first-order valence-corrected chi connectivity index (χ1v) is 9.69. The number of nitrogens with zero attached hydrogens (tertiary/aromatic N) is 2. The molecule has 0 unspecified atom stereocenters. The van der Waals surface area contributed by atoms with E-state index in [9.17, 15) is 5.11 Å². The molecule has 144 valence electrons. The van der Waals surface area contributed by atoms with E-state index in [4.69, 9.17) is 14.5 Å². The second-order valence-corrected chi connectivity index (χ2v) is 8.18. The zero-order chi connectivity index (χ0) is 19.6. The van der Waals surface area contributed by atoms with E-state index in [1.165, 1.54) is 0 Å². The van der Waals surface area contributed by atoms with Gasteiger partial charge in [0.15, 0.2) is 5.13 Å². The lowest BCUT2D eigenvalue weighted by Crippen LogP contribution is -2.27. The van der Waals surface area contributed by atoms with E-state index >= 15 is 0 Å². The molecule has 2 N–H and O–H groups in total. The van der Waals surface area contributed by atoms with Crippen LogP contribution in [0.15, 0.2) is 29.6 Å². The van der Waals surface area contributed by atoms with Crippen LogP contribution in [0.4, 0.5) is 5.13 Å². The molecule has 7 heteroatoms. The number of methoxy groups -OCH3 is 1. The molecule has 0 saturated heterocycles. The summed E-state index contributed by atoms with van der Waals surface area (Å²) in [5.41, 5.74) is 1.39. The van der Waals surface area contributed by atoms with Gasteiger partial charge in [-0.25, -0.2) is 9.97 Å². The first-order valence-electron chi connectivity index (χ1n) is 8.81. The van der Waals surface area contributed by atoms with Gasteiger partial charge < -0.3 is 19.9 Å². The van der Waals surface area contributed by atoms with Gasteiger partial charge in [-0.1, -0.05) is 0 Å². The average Bonchev–Trinajstić information content (AvgIpc) is 3.05. The maximum Gasteiger partial charge on any atom is 0.183 e. The number of aliphatic hydroxyl groups is 1. The van der Waals surface area contributed by atoms with Crippen LogP contribution >= 0.6 is 11.3 Å². The quantitative estimate of drug-likeness (QED) is 0.628. The zero-order valence-corrected chi connectivity index (χ0v) is 17.1. The lowest BCUT2D eigenvalue weighted by atomic mass is 10.1. The van der Waals surface area contributed by atoms with E-state index in [0.29, 0.717) is 11.8 Å². The highest BCUT2D eigenvalue weighted by Crippen LogP contribution is 2.33. The van der Waals surface area contributed by atoms with Crippen molar-refractivity contribution in [3.63, 3.8) is 0 Å². The highest BCUT2D eigenvalue weighted by Gasteiger charge is 2.15. The highest BCUT2D eigenvalue weighted by atomic mass is 32.1. The van der Waals surface area contributed by atoms with Crippen LogP contribution in [-0.2, 0) is 0 Å². The Morgan fingerprint density at radius 2 is 1.96 bits per heavy atom. The van der Waals surface area contributed by atoms with Crippen molar-refractivity contribution in [2.75, 3.05) is 19.0 Å². The molecule has 3 aromatic rings. The maximum atomic E-state index is 9.86. The number of rotatable bonds is 7. The van der Waals surface area contributed by atoms with Crippen LogP contribution in [0.1, 0.15) is 27.7 Å². The van der Waals surface area contributed by atoms with Crippen LogP contribution < -0.4 is 14.8 Å². The summed E-state index contributed by atoms with van der Waals surface area (Å²) in [6, 6.07) is 7.84. The number of nitrogens with one attached hydrogen (secondary N) is 1. The lowest BCUT2D eigenvalue weighted by Gasteiger charge is -2.18. The third-order valence-corrected chi connectivity index (χ3v) is 4.51. The van der Waals surface area contributed by atoms with Crippen LogP contribution in [0.5, 0.6) is 11.5 Å². The predicted molar refractivity (Wildman–Crippen MR) is 110 cm³/mol. The van der Waals surface area contributed by atoms with Gasteiger partial charge in [-0.15, -0.1) is 11.3 Å². The molecule has 1 aromatic carbocycles. The van der Waals surface area contributed by atoms with Crippen molar-refractivity contribution in [1.82, 2.24) is 9.97 Å². The Morgan fingerprint density at radius 1 is 1.19 bits per heavy atom. The molecule has 2 aromatic heterocycles. The van der Waals surface area contributed by atoms with Crippen molar-refractivity contribution < 1.29 is 14.6 Å². The molecule has 0 aliphatic heterocycles. The SMILES string of the molecule is COc1cc(-c2csc(NC(C)C)n2)nc2cc(OCC(C)(C)O)ccc12. The van der Waals surface area contributed by atoms with Gasteiger partial charge in [0, 0.05) is 28.9 Å². The largest absolute Gasteiger partial charge is 0.496 e. The Bertz CT molecular complexity index is 932. The molecule has 0 aliphatic rings. The Morgan fingerprint density at radius 3 is 2.63 bits per heavy atom. The van der Waals surface area contributed by atoms with E-state index in [2.05, 4.69) is 24.1 Å². The highest BCUT2D eigenvalue weighted by molar-refractivity contribution is 7.14. The van der Waals surface area contributed by atoms with Gasteiger partial charge in [-0.3, -0.25) is 0 Å². The number of hydrogen-bond acceptors (Lipinski definition) is 7. The normalized spacial score (nSPS) is 11.8. The molecule has 0 spiro atoms. The maximum absolute atomic E-state index is 9.86. The molecule has 0 atom stereocenters. The fraction of sp³-hybridized carbons (Fsp3) is 0.400. The molecule has 0 fully saturated rings. The molecule has 0 radical (unpaired) electrons. The van der Waals surface area contributed by atoms with Gasteiger partial charge in [0.05, 0.1) is 23.9 Å². The first-order chi connectivity index (χ1) is 12.7. The van der Waals surface area contributed by atoms with Crippen molar-refractivity contribution in [3.05, 3.63) is 29.6 Å². The Balaban J connectivity index is 1.97. The fourth-order valence-corrected chi connectivity index (χ4v) is 3.38. The van der Waals surface area contributed by atoms with Crippen LogP contribution in [-0.4, -0.2) is 40.4 Å². The third-order valence-electron chi connectivity index (χ3n) is 3.73. The minimum atomic E-state index is -0.900. The number of fused-ring (bicyclic) bond motifs is 1. The molecule has 2 heterocycles. The second-order valence-electron chi connectivity index (χ2n) is 7.33. The van der Waals surface area contributed by atoms with Gasteiger partial charge in [-0.2, -0.15) is 0 Å². The molecule has 0 saturated carbocycles. The minimum absolute atomic E-state index is 0.200. The number of hydrogen-bond donors (Lipinski definition) is 2. The number of anilines is 1.